The minimum absolute atomic E-state index is 0.539. The number of carbonyl (C=O) groups excluding carboxylic acids is 1. The van der Waals surface area contributed by atoms with Crippen molar-refractivity contribution in [3.8, 4) is 0 Å². The molecule has 0 saturated carbocycles. The molecule has 0 bridgehead atoms. The van der Waals surface area contributed by atoms with Crippen LogP contribution >= 0.6 is 0 Å². The van der Waals surface area contributed by atoms with Crippen molar-refractivity contribution in [2.45, 2.75) is 6.10 Å². The quantitative estimate of drug-likeness (QED) is 0.663. The van der Waals surface area contributed by atoms with Crippen LogP contribution in [0.1, 0.15) is 11.7 Å². The third-order valence-electron chi connectivity index (χ3n) is 1.57. The summed E-state index contributed by atoms with van der Waals surface area (Å²) in [6.45, 7) is 0. The van der Waals surface area contributed by atoms with Gasteiger partial charge in [0, 0.05) is 0 Å². The van der Waals surface area contributed by atoms with E-state index in [0.717, 1.165) is 0 Å². The predicted molar refractivity (Wildman–Crippen MR) is 46.6 cm³/mol. The molecule has 1 aromatic rings. The molecule has 0 unspecified atom stereocenters. The van der Waals surface area contributed by atoms with Crippen LogP contribution in [0.3, 0.4) is 0 Å². The molecule has 2 N–H and O–H groups in total. The number of carbonyl (C=O) groups is 1. The van der Waals surface area contributed by atoms with E-state index < -0.39 is 12.0 Å². The first-order valence-corrected chi connectivity index (χ1v) is 3.81. The van der Waals surface area contributed by atoms with Crippen LogP contribution in [-0.2, 0) is 9.63 Å². The third kappa shape index (κ3) is 2.54. The molecule has 1 aromatic carbocycles. The summed E-state index contributed by atoms with van der Waals surface area (Å²) in [6, 6.07) is 8.64. The number of hydrogen-bond acceptors (Lipinski definition) is 3. The monoisotopic (exact) mass is 181 g/mol. The molecule has 1 amide bonds. The largest absolute Gasteiger partial charge is 0.378 e. The summed E-state index contributed by atoms with van der Waals surface area (Å²) in [5, 5.41) is 9.43. The Morgan fingerprint density at radius 3 is 2.62 bits per heavy atom. The lowest BCUT2D eigenvalue weighted by Gasteiger charge is -2.09. The van der Waals surface area contributed by atoms with Crippen molar-refractivity contribution in [3.63, 3.8) is 0 Å². The highest BCUT2D eigenvalue weighted by molar-refractivity contribution is 5.80. The Morgan fingerprint density at radius 2 is 2.08 bits per heavy atom. The first kappa shape index (κ1) is 9.70. The summed E-state index contributed by atoms with van der Waals surface area (Å²) in [4.78, 5) is 15.4. The predicted octanol–water partition coefficient (Wildman–Crippen LogP) is 0.398. The fourth-order valence-electron chi connectivity index (χ4n) is 0.943. The molecule has 1 rings (SSSR count). The van der Waals surface area contributed by atoms with Crippen LogP contribution in [-0.4, -0.2) is 18.1 Å². The standard InChI is InChI=1S/C9H11NO3/c1-13-10-9(12)8(11)7-5-3-2-4-6-7/h2-6,8,11H,1H3,(H,10,12)/t8-/m1/s1. The molecule has 0 spiro atoms. The molecular formula is C9H11NO3. The van der Waals surface area contributed by atoms with E-state index in [2.05, 4.69) is 10.3 Å². The molecule has 0 aliphatic carbocycles. The average molecular weight is 181 g/mol. The Morgan fingerprint density at radius 1 is 1.46 bits per heavy atom. The molecule has 4 nitrogen and oxygen atoms in total. The van der Waals surface area contributed by atoms with Crippen LogP contribution < -0.4 is 5.48 Å². The SMILES string of the molecule is CONC(=O)[C@H](O)c1ccccc1. The molecule has 0 radical (unpaired) electrons. The summed E-state index contributed by atoms with van der Waals surface area (Å²) >= 11 is 0. The number of nitrogens with one attached hydrogen (secondary N) is 1. The van der Waals surface area contributed by atoms with E-state index in [-0.39, 0.29) is 0 Å². The highest BCUT2D eigenvalue weighted by atomic mass is 16.6. The second kappa shape index (κ2) is 4.59. The van der Waals surface area contributed by atoms with Crippen molar-refractivity contribution in [1.29, 1.82) is 0 Å². The summed E-state index contributed by atoms with van der Waals surface area (Å²) in [5.41, 5.74) is 2.59. The zero-order valence-electron chi connectivity index (χ0n) is 7.23. The number of hydroxylamine groups is 1. The minimum Gasteiger partial charge on any atom is -0.378 e. The summed E-state index contributed by atoms with van der Waals surface area (Å²) in [6.07, 6.45) is -1.18. The fraction of sp³-hybridized carbons (Fsp3) is 0.222. The Labute approximate surface area is 76.1 Å². The van der Waals surface area contributed by atoms with E-state index in [1.54, 1.807) is 24.3 Å². The van der Waals surface area contributed by atoms with Gasteiger partial charge >= 0.3 is 0 Å². The van der Waals surface area contributed by atoms with Crippen molar-refractivity contribution in [1.82, 2.24) is 5.48 Å². The molecule has 0 saturated heterocycles. The summed E-state index contributed by atoms with van der Waals surface area (Å²) in [7, 11) is 1.32. The van der Waals surface area contributed by atoms with Crippen LogP contribution in [0.25, 0.3) is 0 Å². The van der Waals surface area contributed by atoms with E-state index in [4.69, 9.17) is 0 Å². The van der Waals surface area contributed by atoms with Gasteiger partial charge in [-0.2, -0.15) is 0 Å². The molecule has 0 aliphatic heterocycles. The van der Waals surface area contributed by atoms with Gasteiger partial charge in [-0.1, -0.05) is 30.3 Å². The summed E-state index contributed by atoms with van der Waals surface area (Å²) < 4.78 is 0. The van der Waals surface area contributed by atoms with Gasteiger partial charge in [0.1, 0.15) is 0 Å². The number of amides is 1. The number of rotatable bonds is 3. The van der Waals surface area contributed by atoms with Crippen LogP contribution in [0.15, 0.2) is 30.3 Å². The maximum Gasteiger partial charge on any atom is 0.276 e. The fourth-order valence-corrected chi connectivity index (χ4v) is 0.943. The van der Waals surface area contributed by atoms with Gasteiger partial charge < -0.3 is 5.11 Å². The van der Waals surface area contributed by atoms with Gasteiger partial charge in [-0.15, -0.1) is 0 Å². The average Bonchev–Trinajstić information content (AvgIpc) is 2.18. The number of aliphatic hydroxyl groups is 1. The first-order valence-electron chi connectivity index (χ1n) is 3.81. The molecule has 1 atom stereocenters. The lowest BCUT2D eigenvalue weighted by atomic mass is 10.1. The van der Waals surface area contributed by atoms with E-state index >= 15 is 0 Å². The van der Waals surface area contributed by atoms with Gasteiger partial charge in [-0.3, -0.25) is 9.63 Å². The second-order valence-corrected chi connectivity index (χ2v) is 2.48. The van der Waals surface area contributed by atoms with E-state index in [1.807, 2.05) is 6.07 Å². The van der Waals surface area contributed by atoms with Crippen LogP contribution in [0, 0.1) is 0 Å². The van der Waals surface area contributed by atoms with Crippen LogP contribution in [0.2, 0.25) is 0 Å². The van der Waals surface area contributed by atoms with E-state index in [1.165, 1.54) is 7.11 Å². The highest BCUT2D eigenvalue weighted by Gasteiger charge is 2.15. The molecule has 0 heterocycles. The molecular weight excluding hydrogens is 170 g/mol. The smallest absolute Gasteiger partial charge is 0.276 e. The molecule has 0 fully saturated rings. The number of benzene rings is 1. The Bertz CT molecular complexity index is 273. The van der Waals surface area contributed by atoms with Crippen molar-refractivity contribution in [2.24, 2.45) is 0 Å². The first-order chi connectivity index (χ1) is 6.25. The van der Waals surface area contributed by atoms with Gasteiger partial charge in [0.25, 0.3) is 5.91 Å². The molecule has 0 aromatic heterocycles. The van der Waals surface area contributed by atoms with Gasteiger partial charge in [-0.05, 0) is 5.56 Å². The highest BCUT2D eigenvalue weighted by Crippen LogP contribution is 2.11. The Kier molecular flexibility index (Phi) is 3.42. The Hall–Kier alpha value is -1.39. The van der Waals surface area contributed by atoms with Gasteiger partial charge in [0.2, 0.25) is 0 Å². The van der Waals surface area contributed by atoms with E-state index in [0.29, 0.717) is 5.56 Å². The lowest BCUT2D eigenvalue weighted by Crippen LogP contribution is -2.28. The van der Waals surface area contributed by atoms with Crippen LogP contribution in [0.5, 0.6) is 0 Å². The second-order valence-electron chi connectivity index (χ2n) is 2.48. The van der Waals surface area contributed by atoms with Gasteiger partial charge in [-0.25, -0.2) is 5.48 Å². The zero-order valence-corrected chi connectivity index (χ0v) is 7.23. The van der Waals surface area contributed by atoms with E-state index in [9.17, 15) is 9.90 Å². The van der Waals surface area contributed by atoms with Crippen LogP contribution in [0.4, 0.5) is 0 Å². The zero-order chi connectivity index (χ0) is 9.68. The van der Waals surface area contributed by atoms with Crippen molar-refractivity contribution in [3.05, 3.63) is 35.9 Å². The Balaban J connectivity index is 2.68. The maximum absolute atomic E-state index is 11.1. The molecule has 70 valence electrons. The number of aliphatic hydroxyl groups excluding tert-OH is 1. The lowest BCUT2D eigenvalue weighted by molar-refractivity contribution is -0.140. The third-order valence-corrected chi connectivity index (χ3v) is 1.57. The molecule has 13 heavy (non-hydrogen) atoms. The van der Waals surface area contributed by atoms with Crippen molar-refractivity contribution >= 4 is 5.91 Å². The normalized spacial score (nSPS) is 12.2. The summed E-state index contributed by atoms with van der Waals surface area (Å²) in [5.74, 6) is -0.575. The topological polar surface area (TPSA) is 58.6 Å². The van der Waals surface area contributed by atoms with Gasteiger partial charge in [0.05, 0.1) is 7.11 Å². The molecule has 4 heteroatoms. The van der Waals surface area contributed by atoms with Crippen molar-refractivity contribution in [2.75, 3.05) is 7.11 Å². The number of hydrogen-bond donors (Lipinski definition) is 2. The maximum atomic E-state index is 11.1. The van der Waals surface area contributed by atoms with Crippen molar-refractivity contribution < 1.29 is 14.7 Å². The minimum atomic E-state index is -1.18. The molecule has 0 aliphatic rings. The van der Waals surface area contributed by atoms with Gasteiger partial charge in [0.15, 0.2) is 6.10 Å².